The third kappa shape index (κ3) is 2.67. The minimum atomic E-state index is 0.361. The lowest BCUT2D eigenvalue weighted by Gasteiger charge is -2.25. The molecule has 12 heavy (non-hydrogen) atoms. The van der Waals surface area contributed by atoms with Crippen LogP contribution in [-0.2, 0) is 0 Å². The molecular weight excluding hydrogens is 168 g/mol. The maximum Gasteiger partial charge on any atom is 0.0434 e. The van der Waals surface area contributed by atoms with E-state index in [1.54, 1.807) is 0 Å². The predicted molar refractivity (Wildman–Crippen MR) is 55.5 cm³/mol. The monoisotopic (exact) mass is 188 g/mol. The fourth-order valence-electron chi connectivity index (χ4n) is 2.04. The first-order valence-electron chi connectivity index (χ1n) is 4.98. The Morgan fingerprint density at radius 1 is 1.50 bits per heavy atom. The molecule has 1 saturated heterocycles. The molecule has 1 fully saturated rings. The van der Waals surface area contributed by atoms with Crippen LogP contribution in [-0.4, -0.2) is 22.7 Å². The van der Waals surface area contributed by atoms with Crippen LogP contribution in [0.25, 0.3) is 0 Å². The molecule has 1 nitrogen and oxygen atoms in total. The van der Waals surface area contributed by atoms with Gasteiger partial charge >= 0.3 is 0 Å². The van der Waals surface area contributed by atoms with Gasteiger partial charge in [0.1, 0.15) is 0 Å². The number of aliphatic hydroxyl groups is 1. The smallest absolute Gasteiger partial charge is 0.0434 e. The lowest BCUT2D eigenvalue weighted by atomic mass is 9.88. The van der Waals surface area contributed by atoms with E-state index in [1.807, 2.05) is 0 Å². The summed E-state index contributed by atoms with van der Waals surface area (Å²) in [6.07, 6.45) is 3.74. The zero-order valence-electron chi connectivity index (χ0n) is 8.12. The highest BCUT2D eigenvalue weighted by Gasteiger charge is 2.27. The van der Waals surface area contributed by atoms with Crippen molar-refractivity contribution in [3.63, 3.8) is 0 Å². The van der Waals surface area contributed by atoms with Gasteiger partial charge in [0.2, 0.25) is 0 Å². The summed E-state index contributed by atoms with van der Waals surface area (Å²) in [6, 6.07) is 0. The molecule has 0 amide bonds. The predicted octanol–water partition coefficient (Wildman–Crippen LogP) is 2.54. The van der Waals surface area contributed by atoms with Crippen LogP contribution in [0.5, 0.6) is 0 Å². The van der Waals surface area contributed by atoms with E-state index in [4.69, 9.17) is 5.11 Å². The number of aliphatic hydroxyl groups excluding tert-OH is 1. The van der Waals surface area contributed by atoms with Crippen LogP contribution in [0.4, 0.5) is 0 Å². The Bertz CT molecular complexity index is 119. The van der Waals surface area contributed by atoms with Crippen LogP contribution in [0.1, 0.15) is 33.1 Å². The molecule has 2 heteroatoms. The minimum Gasteiger partial charge on any atom is -0.396 e. The molecule has 2 unspecified atom stereocenters. The van der Waals surface area contributed by atoms with E-state index in [9.17, 15) is 0 Å². The summed E-state index contributed by atoms with van der Waals surface area (Å²) in [5, 5.41) is 9.77. The second-order valence-electron chi connectivity index (χ2n) is 3.97. The SMILES string of the molecule is CC(C)C(CCO)C1CCCS1. The Kier molecular flexibility index (Phi) is 4.44. The molecule has 0 aromatic carbocycles. The molecule has 1 heterocycles. The molecule has 0 radical (unpaired) electrons. The van der Waals surface area contributed by atoms with E-state index < -0.39 is 0 Å². The van der Waals surface area contributed by atoms with Crippen LogP contribution in [0.3, 0.4) is 0 Å². The molecule has 0 saturated carbocycles. The van der Waals surface area contributed by atoms with E-state index >= 15 is 0 Å². The Labute approximate surface area is 79.9 Å². The first-order chi connectivity index (χ1) is 5.75. The van der Waals surface area contributed by atoms with Crippen LogP contribution in [0, 0.1) is 11.8 Å². The highest BCUT2D eigenvalue weighted by Crippen LogP contribution is 2.36. The summed E-state index contributed by atoms with van der Waals surface area (Å²) >= 11 is 2.11. The topological polar surface area (TPSA) is 20.2 Å². The summed E-state index contributed by atoms with van der Waals surface area (Å²) in [4.78, 5) is 0. The summed E-state index contributed by atoms with van der Waals surface area (Å²) in [5.74, 6) is 2.80. The van der Waals surface area contributed by atoms with Crippen molar-refractivity contribution in [1.82, 2.24) is 0 Å². The number of rotatable bonds is 4. The summed E-state index contributed by atoms with van der Waals surface area (Å²) in [6.45, 7) is 4.92. The van der Waals surface area contributed by atoms with Crippen molar-refractivity contribution in [3.05, 3.63) is 0 Å². The number of hydrogen-bond acceptors (Lipinski definition) is 2. The molecule has 1 rings (SSSR count). The van der Waals surface area contributed by atoms with Gasteiger partial charge < -0.3 is 5.11 Å². The maximum atomic E-state index is 8.94. The van der Waals surface area contributed by atoms with Crippen molar-refractivity contribution in [2.45, 2.75) is 38.4 Å². The zero-order chi connectivity index (χ0) is 8.97. The molecule has 0 aliphatic carbocycles. The molecule has 72 valence electrons. The van der Waals surface area contributed by atoms with Crippen LogP contribution in [0.2, 0.25) is 0 Å². The van der Waals surface area contributed by atoms with E-state index in [2.05, 4.69) is 25.6 Å². The third-order valence-electron chi connectivity index (χ3n) is 2.76. The van der Waals surface area contributed by atoms with Crippen LogP contribution < -0.4 is 0 Å². The lowest BCUT2D eigenvalue weighted by Crippen LogP contribution is -2.21. The van der Waals surface area contributed by atoms with Gasteiger partial charge in [-0.2, -0.15) is 11.8 Å². The van der Waals surface area contributed by atoms with Crippen LogP contribution in [0.15, 0.2) is 0 Å². The Hall–Kier alpha value is 0.310. The van der Waals surface area contributed by atoms with E-state index in [0.29, 0.717) is 6.61 Å². The van der Waals surface area contributed by atoms with Gasteiger partial charge in [-0.3, -0.25) is 0 Å². The third-order valence-corrected chi connectivity index (χ3v) is 4.30. The molecule has 0 aromatic heterocycles. The van der Waals surface area contributed by atoms with Crippen molar-refractivity contribution in [3.8, 4) is 0 Å². The molecule has 0 bridgehead atoms. The van der Waals surface area contributed by atoms with Crippen LogP contribution >= 0.6 is 11.8 Å². The first-order valence-corrected chi connectivity index (χ1v) is 6.03. The van der Waals surface area contributed by atoms with Crippen molar-refractivity contribution < 1.29 is 5.11 Å². The Morgan fingerprint density at radius 2 is 2.25 bits per heavy atom. The average molecular weight is 188 g/mol. The van der Waals surface area contributed by atoms with Gasteiger partial charge in [0.15, 0.2) is 0 Å². The normalized spacial score (nSPS) is 26.5. The van der Waals surface area contributed by atoms with Gasteiger partial charge in [-0.15, -0.1) is 0 Å². The fraction of sp³-hybridized carbons (Fsp3) is 1.00. The molecule has 0 spiro atoms. The summed E-state index contributed by atoms with van der Waals surface area (Å²) in [5.41, 5.74) is 0. The van der Waals surface area contributed by atoms with Gasteiger partial charge in [0, 0.05) is 11.9 Å². The van der Waals surface area contributed by atoms with E-state index in [0.717, 1.165) is 23.5 Å². The van der Waals surface area contributed by atoms with Crippen molar-refractivity contribution in [2.75, 3.05) is 12.4 Å². The van der Waals surface area contributed by atoms with Gasteiger partial charge in [0.25, 0.3) is 0 Å². The summed E-state index contributed by atoms with van der Waals surface area (Å²) < 4.78 is 0. The average Bonchev–Trinajstić information content (AvgIpc) is 2.51. The largest absolute Gasteiger partial charge is 0.396 e. The van der Waals surface area contributed by atoms with Crippen molar-refractivity contribution >= 4 is 11.8 Å². The van der Waals surface area contributed by atoms with Crippen molar-refractivity contribution in [2.24, 2.45) is 11.8 Å². The minimum absolute atomic E-state index is 0.361. The molecular formula is C10H20OS. The van der Waals surface area contributed by atoms with Gasteiger partial charge in [-0.05, 0) is 36.9 Å². The quantitative estimate of drug-likeness (QED) is 0.731. The molecule has 1 N–H and O–H groups in total. The number of hydrogen-bond donors (Lipinski definition) is 1. The van der Waals surface area contributed by atoms with Crippen molar-refractivity contribution in [1.29, 1.82) is 0 Å². The highest BCUT2D eigenvalue weighted by molar-refractivity contribution is 8.00. The second-order valence-corrected chi connectivity index (χ2v) is 5.32. The van der Waals surface area contributed by atoms with Gasteiger partial charge in [0.05, 0.1) is 0 Å². The zero-order valence-corrected chi connectivity index (χ0v) is 8.94. The standard InChI is InChI=1S/C10H20OS/c1-8(2)9(5-6-11)10-4-3-7-12-10/h8-11H,3-7H2,1-2H3. The highest BCUT2D eigenvalue weighted by atomic mass is 32.2. The van der Waals surface area contributed by atoms with Gasteiger partial charge in [-0.1, -0.05) is 13.8 Å². The molecule has 1 aliphatic rings. The first kappa shape index (κ1) is 10.4. The van der Waals surface area contributed by atoms with E-state index in [-0.39, 0.29) is 0 Å². The Morgan fingerprint density at radius 3 is 2.67 bits per heavy atom. The van der Waals surface area contributed by atoms with Gasteiger partial charge in [-0.25, -0.2) is 0 Å². The van der Waals surface area contributed by atoms with E-state index in [1.165, 1.54) is 18.6 Å². The molecule has 0 aromatic rings. The lowest BCUT2D eigenvalue weighted by molar-refractivity contribution is 0.227. The number of thioether (sulfide) groups is 1. The fourth-order valence-corrected chi connectivity index (χ4v) is 3.70. The molecule has 2 atom stereocenters. The second kappa shape index (κ2) is 5.13. The summed E-state index contributed by atoms with van der Waals surface area (Å²) in [7, 11) is 0. The Balaban J connectivity index is 2.40. The maximum absolute atomic E-state index is 8.94. The molecule has 1 aliphatic heterocycles.